The number of carbonyl (C=O) groups is 2. The smallest absolute Gasteiger partial charge is 0.242 e. The third kappa shape index (κ3) is 4.70. The number of carbonyl (C=O) groups excluding carboxylic acids is 2. The summed E-state index contributed by atoms with van der Waals surface area (Å²) in [7, 11) is 1.61. The van der Waals surface area contributed by atoms with Gasteiger partial charge in [0.25, 0.3) is 0 Å². The van der Waals surface area contributed by atoms with E-state index in [9.17, 15) is 9.59 Å². The second-order valence-corrected chi connectivity index (χ2v) is 4.24. The summed E-state index contributed by atoms with van der Waals surface area (Å²) in [6.45, 7) is 1.27. The van der Waals surface area contributed by atoms with Gasteiger partial charge in [-0.1, -0.05) is 0 Å². The lowest BCUT2D eigenvalue weighted by atomic mass is 10.1. The lowest BCUT2D eigenvalue weighted by molar-refractivity contribution is -0.130. The molecular formula is C11H21N3O3. The first-order valence-electron chi connectivity index (χ1n) is 5.97. The van der Waals surface area contributed by atoms with Gasteiger partial charge in [0.2, 0.25) is 11.8 Å². The minimum Gasteiger partial charge on any atom is -0.385 e. The van der Waals surface area contributed by atoms with Crippen LogP contribution in [0.5, 0.6) is 0 Å². The third-order valence-corrected chi connectivity index (χ3v) is 2.80. The van der Waals surface area contributed by atoms with E-state index in [4.69, 9.17) is 10.5 Å². The molecule has 1 aliphatic rings. The summed E-state index contributed by atoms with van der Waals surface area (Å²) in [5.74, 6) is -0.378. The van der Waals surface area contributed by atoms with Crippen molar-refractivity contribution in [1.82, 2.24) is 10.6 Å². The van der Waals surface area contributed by atoms with Crippen LogP contribution in [0.4, 0.5) is 0 Å². The Morgan fingerprint density at radius 2 is 2.47 bits per heavy atom. The summed E-state index contributed by atoms with van der Waals surface area (Å²) in [6.07, 6.45) is 2.87. The number of hydrogen-bond donors (Lipinski definition) is 3. The first kappa shape index (κ1) is 13.9. The molecule has 0 aromatic heterocycles. The number of ether oxygens (including phenoxy) is 1. The molecule has 1 rings (SSSR count). The largest absolute Gasteiger partial charge is 0.385 e. The Labute approximate surface area is 101 Å². The molecule has 0 aromatic carbocycles. The molecule has 1 aliphatic heterocycles. The molecule has 2 unspecified atom stereocenters. The Morgan fingerprint density at radius 1 is 1.71 bits per heavy atom. The fraction of sp³-hybridized carbons (Fsp3) is 0.818. The normalized spacial score (nSPS) is 21.8. The molecule has 6 nitrogen and oxygen atoms in total. The van der Waals surface area contributed by atoms with Crippen molar-refractivity contribution < 1.29 is 14.3 Å². The van der Waals surface area contributed by atoms with Crippen LogP contribution in [0.25, 0.3) is 0 Å². The molecule has 0 aliphatic carbocycles. The van der Waals surface area contributed by atoms with E-state index in [1.165, 1.54) is 0 Å². The summed E-state index contributed by atoms with van der Waals surface area (Å²) in [6, 6.07) is -0.996. The highest BCUT2D eigenvalue weighted by molar-refractivity contribution is 5.89. The van der Waals surface area contributed by atoms with Gasteiger partial charge < -0.3 is 21.1 Å². The second-order valence-electron chi connectivity index (χ2n) is 4.24. The molecule has 0 saturated carbocycles. The van der Waals surface area contributed by atoms with Gasteiger partial charge in [0, 0.05) is 20.3 Å². The van der Waals surface area contributed by atoms with Crippen LogP contribution in [-0.2, 0) is 14.3 Å². The average Bonchev–Trinajstić information content (AvgIpc) is 2.32. The van der Waals surface area contributed by atoms with E-state index in [2.05, 4.69) is 10.6 Å². The molecule has 17 heavy (non-hydrogen) atoms. The first-order chi connectivity index (χ1) is 8.15. The molecule has 4 N–H and O–H groups in total. The number of rotatable bonds is 6. The Balaban J connectivity index is 2.29. The fourth-order valence-electron chi connectivity index (χ4n) is 1.77. The number of nitrogens with one attached hydrogen (secondary N) is 2. The molecule has 1 saturated heterocycles. The van der Waals surface area contributed by atoms with E-state index in [1.807, 2.05) is 0 Å². The van der Waals surface area contributed by atoms with Gasteiger partial charge in [-0.25, -0.2) is 0 Å². The minimum absolute atomic E-state index is 0.117. The zero-order valence-corrected chi connectivity index (χ0v) is 10.2. The molecule has 6 heteroatoms. The van der Waals surface area contributed by atoms with Crippen LogP contribution in [-0.4, -0.2) is 44.2 Å². The molecule has 2 atom stereocenters. The van der Waals surface area contributed by atoms with Gasteiger partial charge in [-0.15, -0.1) is 0 Å². The van der Waals surface area contributed by atoms with Gasteiger partial charge >= 0.3 is 0 Å². The molecule has 2 amide bonds. The van der Waals surface area contributed by atoms with Crippen LogP contribution in [0.15, 0.2) is 0 Å². The van der Waals surface area contributed by atoms with Gasteiger partial charge in [-0.05, 0) is 25.7 Å². The van der Waals surface area contributed by atoms with Crippen molar-refractivity contribution in [2.75, 3.05) is 20.3 Å². The number of nitrogens with two attached hydrogens (primary N) is 1. The van der Waals surface area contributed by atoms with Crippen LogP contribution in [0.2, 0.25) is 0 Å². The van der Waals surface area contributed by atoms with E-state index in [0.29, 0.717) is 26.0 Å². The van der Waals surface area contributed by atoms with E-state index in [0.717, 1.165) is 12.8 Å². The molecule has 0 spiro atoms. The van der Waals surface area contributed by atoms with Crippen molar-refractivity contribution in [2.45, 2.75) is 37.8 Å². The van der Waals surface area contributed by atoms with E-state index >= 15 is 0 Å². The van der Waals surface area contributed by atoms with Gasteiger partial charge in [-0.3, -0.25) is 9.59 Å². The monoisotopic (exact) mass is 243 g/mol. The van der Waals surface area contributed by atoms with Gasteiger partial charge in [0.05, 0.1) is 6.04 Å². The summed E-state index contributed by atoms with van der Waals surface area (Å²) < 4.78 is 4.89. The van der Waals surface area contributed by atoms with Crippen LogP contribution in [0.1, 0.15) is 25.7 Å². The zero-order valence-electron chi connectivity index (χ0n) is 10.2. The van der Waals surface area contributed by atoms with Crippen molar-refractivity contribution in [2.24, 2.45) is 5.73 Å². The topological polar surface area (TPSA) is 93.4 Å². The molecule has 98 valence electrons. The lowest BCUT2D eigenvalue weighted by Gasteiger charge is -2.24. The van der Waals surface area contributed by atoms with Crippen LogP contribution >= 0.6 is 0 Å². The number of amides is 2. The molecule has 0 bridgehead atoms. The van der Waals surface area contributed by atoms with Gasteiger partial charge in [0.15, 0.2) is 0 Å². The number of hydrogen-bond acceptors (Lipinski definition) is 4. The minimum atomic E-state index is -0.570. The molecule has 0 aromatic rings. The van der Waals surface area contributed by atoms with Crippen molar-refractivity contribution in [1.29, 1.82) is 0 Å². The fourth-order valence-corrected chi connectivity index (χ4v) is 1.77. The van der Waals surface area contributed by atoms with Crippen molar-refractivity contribution in [3.8, 4) is 0 Å². The highest BCUT2D eigenvalue weighted by Crippen LogP contribution is 2.04. The molecular weight excluding hydrogens is 222 g/mol. The number of methoxy groups -OCH3 is 1. The maximum atomic E-state index is 11.7. The van der Waals surface area contributed by atoms with Gasteiger partial charge in [0.1, 0.15) is 6.04 Å². The van der Waals surface area contributed by atoms with Crippen molar-refractivity contribution in [3.63, 3.8) is 0 Å². The summed E-state index contributed by atoms with van der Waals surface area (Å²) in [5, 5.41) is 5.39. The highest BCUT2D eigenvalue weighted by Gasteiger charge is 2.25. The zero-order chi connectivity index (χ0) is 12.7. The predicted molar refractivity (Wildman–Crippen MR) is 63.3 cm³/mol. The summed E-state index contributed by atoms with van der Waals surface area (Å²) in [5.41, 5.74) is 5.72. The second kappa shape index (κ2) is 7.24. The van der Waals surface area contributed by atoms with Crippen LogP contribution < -0.4 is 16.4 Å². The predicted octanol–water partition coefficient (Wildman–Crippen LogP) is -0.865. The van der Waals surface area contributed by atoms with Crippen LogP contribution in [0.3, 0.4) is 0 Å². The number of piperidine rings is 1. The maximum absolute atomic E-state index is 11.7. The molecule has 1 heterocycles. The average molecular weight is 243 g/mol. The Hall–Kier alpha value is -1.14. The summed E-state index contributed by atoms with van der Waals surface area (Å²) >= 11 is 0. The standard InChI is InChI=1S/C11H21N3O3/c1-17-7-3-4-8(12)10(15)14-9-5-2-6-13-11(9)16/h8-9H,2-7,12H2,1H3,(H,13,16)(H,14,15). The SMILES string of the molecule is COCCCC(N)C(=O)NC1CCCNC1=O. The Morgan fingerprint density at radius 3 is 3.12 bits per heavy atom. The molecule has 1 fully saturated rings. The lowest BCUT2D eigenvalue weighted by Crippen LogP contribution is -2.53. The molecule has 0 radical (unpaired) electrons. The quantitative estimate of drug-likeness (QED) is 0.529. The Kier molecular flexibility index (Phi) is 5.93. The van der Waals surface area contributed by atoms with E-state index in [1.54, 1.807) is 7.11 Å². The maximum Gasteiger partial charge on any atom is 0.242 e. The summed E-state index contributed by atoms with van der Waals surface area (Å²) in [4.78, 5) is 23.1. The van der Waals surface area contributed by atoms with Crippen molar-refractivity contribution in [3.05, 3.63) is 0 Å². The van der Waals surface area contributed by atoms with Gasteiger partial charge in [-0.2, -0.15) is 0 Å². The van der Waals surface area contributed by atoms with Crippen LogP contribution in [0, 0.1) is 0 Å². The highest BCUT2D eigenvalue weighted by atomic mass is 16.5. The van der Waals surface area contributed by atoms with E-state index < -0.39 is 12.1 Å². The Bertz CT molecular complexity index is 271. The van der Waals surface area contributed by atoms with Crippen molar-refractivity contribution >= 4 is 11.8 Å². The first-order valence-corrected chi connectivity index (χ1v) is 5.97. The van der Waals surface area contributed by atoms with E-state index in [-0.39, 0.29) is 11.8 Å². The third-order valence-electron chi connectivity index (χ3n) is 2.80.